The fourth-order valence-corrected chi connectivity index (χ4v) is 2.26. The second kappa shape index (κ2) is 5.61. The fraction of sp³-hybridized carbons (Fsp3) is 0.909. The van der Waals surface area contributed by atoms with E-state index in [1.807, 2.05) is 4.90 Å². The molecule has 1 N–H and O–H groups in total. The third-order valence-electron chi connectivity index (χ3n) is 3.26. The van der Waals surface area contributed by atoms with Gasteiger partial charge in [-0.05, 0) is 12.8 Å². The van der Waals surface area contributed by atoms with E-state index in [1.54, 1.807) is 7.11 Å². The van der Waals surface area contributed by atoms with Crippen molar-refractivity contribution in [2.24, 2.45) is 0 Å². The first kappa shape index (κ1) is 11.8. The van der Waals surface area contributed by atoms with E-state index in [2.05, 4.69) is 5.32 Å². The Morgan fingerprint density at radius 3 is 3.06 bits per heavy atom. The van der Waals surface area contributed by atoms with Gasteiger partial charge in [0, 0.05) is 33.4 Å². The second-order valence-electron chi connectivity index (χ2n) is 4.35. The zero-order valence-corrected chi connectivity index (χ0v) is 9.78. The maximum absolute atomic E-state index is 12.2. The lowest BCUT2D eigenvalue weighted by atomic mass is 10.1. The van der Waals surface area contributed by atoms with Crippen molar-refractivity contribution in [2.75, 3.05) is 40.0 Å². The molecule has 16 heavy (non-hydrogen) atoms. The first-order valence-corrected chi connectivity index (χ1v) is 5.94. The lowest BCUT2D eigenvalue weighted by Gasteiger charge is -2.23. The van der Waals surface area contributed by atoms with Crippen LogP contribution in [0.5, 0.6) is 0 Å². The summed E-state index contributed by atoms with van der Waals surface area (Å²) in [5, 5.41) is 3.22. The van der Waals surface area contributed by atoms with Crippen LogP contribution in [0.3, 0.4) is 0 Å². The van der Waals surface area contributed by atoms with E-state index in [4.69, 9.17) is 9.47 Å². The summed E-state index contributed by atoms with van der Waals surface area (Å²) in [6, 6.07) is -0.0666. The third-order valence-corrected chi connectivity index (χ3v) is 3.26. The Balaban J connectivity index is 1.86. The molecule has 2 rings (SSSR count). The average Bonchev–Trinajstić information content (AvgIpc) is 2.62. The largest absolute Gasteiger partial charge is 0.380 e. The maximum Gasteiger partial charge on any atom is 0.239 e. The quantitative estimate of drug-likeness (QED) is 0.699. The Bertz CT molecular complexity index is 239. The number of hydrogen-bond donors (Lipinski definition) is 1. The molecule has 0 aromatic heterocycles. The van der Waals surface area contributed by atoms with E-state index in [9.17, 15) is 4.79 Å². The van der Waals surface area contributed by atoms with Gasteiger partial charge in [-0.25, -0.2) is 0 Å². The molecule has 0 aromatic rings. The van der Waals surface area contributed by atoms with E-state index in [0.29, 0.717) is 13.2 Å². The molecule has 2 atom stereocenters. The molecule has 0 spiro atoms. The van der Waals surface area contributed by atoms with Crippen LogP contribution in [0.25, 0.3) is 0 Å². The lowest BCUT2D eigenvalue weighted by Crippen LogP contribution is -2.44. The average molecular weight is 228 g/mol. The topological polar surface area (TPSA) is 50.8 Å². The molecule has 2 aliphatic heterocycles. The van der Waals surface area contributed by atoms with E-state index in [1.165, 1.54) is 0 Å². The summed E-state index contributed by atoms with van der Waals surface area (Å²) in [6.45, 7) is 3.73. The van der Waals surface area contributed by atoms with Crippen LogP contribution in [0.1, 0.15) is 12.8 Å². The van der Waals surface area contributed by atoms with Gasteiger partial charge in [-0.2, -0.15) is 0 Å². The SMILES string of the molecule is COC1CNC(C(=O)N2CCCOCC2)C1. The Kier molecular flexibility index (Phi) is 4.15. The zero-order chi connectivity index (χ0) is 11.4. The van der Waals surface area contributed by atoms with Crippen LogP contribution in [0.15, 0.2) is 0 Å². The molecule has 1 amide bonds. The minimum Gasteiger partial charge on any atom is -0.380 e. The van der Waals surface area contributed by atoms with Crippen molar-refractivity contribution in [3.8, 4) is 0 Å². The van der Waals surface area contributed by atoms with Crippen LogP contribution in [-0.4, -0.2) is 62.9 Å². The van der Waals surface area contributed by atoms with Crippen LogP contribution in [0, 0.1) is 0 Å². The summed E-state index contributed by atoms with van der Waals surface area (Å²) < 4.78 is 10.6. The van der Waals surface area contributed by atoms with Crippen LogP contribution < -0.4 is 5.32 Å². The summed E-state index contributed by atoms with van der Waals surface area (Å²) in [4.78, 5) is 14.1. The summed E-state index contributed by atoms with van der Waals surface area (Å²) >= 11 is 0. The molecule has 0 saturated carbocycles. The van der Waals surface area contributed by atoms with Gasteiger partial charge in [0.15, 0.2) is 0 Å². The molecule has 2 fully saturated rings. The predicted molar refractivity (Wildman–Crippen MR) is 59.2 cm³/mol. The van der Waals surface area contributed by atoms with Crippen LogP contribution in [0.4, 0.5) is 0 Å². The highest BCUT2D eigenvalue weighted by molar-refractivity contribution is 5.82. The van der Waals surface area contributed by atoms with E-state index in [-0.39, 0.29) is 18.1 Å². The molecule has 0 radical (unpaired) electrons. The first-order chi connectivity index (χ1) is 7.81. The van der Waals surface area contributed by atoms with Crippen molar-refractivity contribution in [3.63, 3.8) is 0 Å². The highest BCUT2D eigenvalue weighted by Gasteiger charge is 2.32. The van der Waals surface area contributed by atoms with Gasteiger partial charge >= 0.3 is 0 Å². The number of amides is 1. The molecule has 2 aliphatic rings. The van der Waals surface area contributed by atoms with Gasteiger partial charge in [0.1, 0.15) is 0 Å². The molecule has 0 aliphatic carbocycles. The molecule has 2 heterocycles. The number of carbonyl (C=O) groups is 1. The molecule has 5 heteroatoms. The fourth-order valence-electron chi connectivity index (χ4n) is 2.26. The van der Waals surface area contributed by atoms with Gasteiger partial charge in [-0.15, -0.1) is 0 Å². The number of rotatable bonds is 2. The van der Waals surface area contributed by atoms with E-state index < -0.39 is 0 Å². The summed E-state index contributed by atoms with van der Waals surface area (Å²) in [6.07, 6.45) is 1.90. The van der Waals surface area contributed by atoms with Crippen molar-refractivity contribution in [3.05, 3.63) is 0 Å². The molecule has 0 bridgehead atoms. The zero-order valence-electron chi connectivity index (χ0n) is 9.78. The summed E-state index contributed by atoms with van der Waals surface area (Å²) in [5.74, 6) is 0.199. The van der Waals surface area contributed by atoms with Gasteiger partial charge in [-0.1, -0.05) is 0 Å². The Labute approximate surface area is 96.1 Å². The number of methoxy groups -OCH3 is 1. The van der Waals surface area contributed by atoms with E-state index in [0.717, 1.165) is 32.5 Å². The standard InChI is InChI=1S/C11H20N2O3/c1-15-9-7-10(12-8-9)11(14)13-3-2-5-16-6-4-13/h9-10,12H,2-8H2,1H3. The number of carbonyl (C=O) groups excluding carboxylic acids is 1. The van der Waals surface area contributed by atoms with Gasteiger partial charge < -0.3 is 19.7 Å². The van der Waals surface area contributed by atoms with Crippen LogP contribution >= 0.6 is 0 Å². The molecular weight excluding hydrogens is 208 g/mol. The maximum atomic E-state index is 12.2. The number of ether oxygens (including phenoxy) is 2. The monoisotopic (exact) mass is 228 g/mol. The third kappa shape index (κ3) is 2.72. The predicted octanol–water partition coefficient (Wildman–Crippen LogP) is -0.388. The van der Waals surface area contributed by atoms with Gasteiger partial charge in [0.25, 0.3) is 0 Å². The second-order valence-corrected chi connectivity index (χ2v) is 4.35. The smallest absolute Gasteiger partial charge is 0.239 e. The summed E-state index contributed by atoms with van der Waals surface area (Å²) in [7, 11) is 1.69. The number of nitrogens with one attached hydrogen (secondary N) is 1. The highest BCUT2D eigenvalue weighted by atomic mass is 16.5. The number of hydrogen-bond acceptors (Lipinski definition) is 4. The lowest BCUT2D eigenvalue weighted by molar-refractivity contribution is -0.133. The van der Waals surface area contributed by atoms with Crippen molar-refractivity contribution >= 4 is 5.91 Å². The van der Waals surface area contributed by atoms with Crippen molar-refractivity contribution in [1.29, 1.82) is 0 Å². The van der Waals surface area contributed by atoms with Gasteiger partial charge in [0.05, 0.1) is 18.8 Å². The van der Waals surface area contributed by atoms with Crippen molar-refractivity contribution in [1.82, 2.24) is 10.2 Å². The Morgan fingerprint density at radius 1 is 1.44 bits per heavy atom. The van der Waals surface area contributed by atoms with Gasteiger partial charge in [-0.3, -0.25) is 4.79 Å². The van der Waals surface area contributed by atoms with Crippen LogP contribution in [-0.2, 0) is 14.3 Å². The van der Waals surface area contributed by atoms with Crippen molar-refractivity contribution in [2.45, 2.75) is 25.0 Å². The molecule has 92 valence electrons. The van der Waals surface area contributed by atoms with Gasteiger partial charge in [0.2, 0.25) is 5.91 Å². The van der Waals surface area contributed by atoms with Crippen LogP contribution in [0.2, 0.25) is 0 Å². The minimum atomic E-state index is -0.0666. The highest BCUT2D eigenvalue weighted by Crippen LogP contribution is 2.13. The number of nitrogens with zero attached hydrogens (tertiary/aromatic N) is 1. The first-order valence-electron chi connectivity index (χ1n) is 5.94. The molecule has 0 aromatic carbocycles. The molecular formula is C11H20N2O3. The normalized spacial score (nSPS) is 31.4. The van der Waals surface area contributed by atoms with E-state index >= 15 is 0 Å². The minimum absolute atomic E-state index is 0.0666. The molecule has 2 saturated heterocycles. The Hall–Kier alpha value is -0.650. The summed E-state index contributed by atoms with van der Waals surface area (Å²) in [5.41, 5.74) is 0. The van der Waals surface area contributed by atoms with Crippen molar-refractivity contribution < 1.29 is 14.3 Å². The Morgan fingerprint density at radius 2 is 2.31 bits per heavy atom. The molecule has 5 nitrogen and oxygen atoms in total. The molecule has 2 unspecified atom stereocenters.